The molecular formula is C11H12Cl2N2O2. The molecule has 0 heterocycles. The maximum atomic E-state index is 11.3. The van der Waals surface area contributed by atoms with Crippen LogP contribution in [0.1, 0.15) is 19.8 Å². The van der Waals surface area contributed by atoms with Crippen LogP contribution in [0.2, 0.25) is 5.02 Å². The van der Waals surface area contributed by atoms with Gasteiger partial charge < -0.3 is 0 Å². The van der Waals surface area contributed by atoms with E-state index in [0.29, 0.717) is 17.1 Å². The molecule has 92 valence electrons. The van der Waals surface area contributed by atoms with Gasteiger partial charge in [-0.3, -0.25) is 10.2 Å². The van der Waals surface area contributed by atoms with E-state index < -0.39 is 6.09 Å². The van der Waals surface area contributed by atoms with Crippen molar-refractivity contribution in [1.82, 2.24) is 0 Å². The summed E-state index contributed by atoms with van der Waals surface area (Å²) in [4.78, 5) is 15.9. The fourth-order valence-corrected chi connectivity index (χ4v) is 1.46. The zero-order valence-electron chi connectivity index (χ0n) is 9.24. The lowest BCUT2D eigenvalue weighted by Gasteiger charge is -2.03. The van der Waals surface area contributed by atoms with Crippen molar-refractivity contribution in [1.29, 1.82) is 0 Å². The lowest BCUT2D eigenvalue weighted by Crippen LogP contribution is -2.11. The Balaban J connectivity index is 2.47. The number of hydrogen-bond acceptors (Lipinski definition) is 3. The standard InChI is InChI=1S/C11H12Cl2N2O2/c1-2-4-10(13)15-17-11(16)14-9-6-3-5-8(12)7-9/h3,5-7H,2,4H2,1H3,(H,14,16)/b15-10-. The van der Waals surface area contributed by atoms with Crippen LogP contribution >= 0.6 is 23.2 Å². The van der Waals surface area contributed by atoms with Gasteiger partial charge in [-0.1, -0.05) is 41.3 Å². The quantitative estimate of drug-likeness (QED) is 0.507. The highest BCUT2D eigenvalue weighted by Gasteiger charge is 2.03. The van der Waals surface area contributed by atoms with E-state index in [0.717, 1.165) is 6.42 Å². The topological polar surface area (TPSA) is 50.7 Å². The average molecular weight is 275 g/mol. The summed E-state index contributed by atoms with van der Waals surface area (Å²) in [5.41, 5.74) is 0.532. The molecule has 0 fully saturated rings. The first-order valence-electron chi connectivity index (χ1n) is 5.07. The number of benzene rings is 1. The van der Waals surface area contributed by atoms with Crippen molar-refractivity contribution in [2.75, 3.05) is 5.32 Å². The first kappa shape index (κ1) is 13.8. The van der Waals surface area contributed by atoms with Crippen LogP contribution in [0.3, 0.4) is 0 Å². The Labute approximate surface area is 110 Å². The maximum absolute atomic E-state index is 11.3. The third-order valence-corrected chi connectivity index (χ3v) is 2.25. The molecule has 6 heteroatoms. The number of carbonyl (C=O) groups is 1. The van der Waals surface area contributed by atoms with Crippen molar-refractivity contribution in [2.45, 2.75) is 19.8 Å². The van der Waals surface area contributed by atoms with Crippen LogP contribution in [0.4, 0.5) is 10.5 Å². The van der Waals surface area contributed by atoms with Crippen LogP contribution in [-0.4, -0.2) is 11.3 Å². The molecule has 0 bridgehead atoms. The van der Waals surface area contributed by atoms with E-state index in [1.165, 1.54) is 0 Å². The van der Waals surface area contributed by atoms with E-state index in [1.54, 1.807) is 24.3 Å². The van der Waals surface area contributed by atoms with Crippen molar-refractivity contribution in [3.8, 4) is 0 Å². The maximum Gasteiger partial charge on any atom is 0.437 e. The number of nitrogens with one attached hydrogen (secondary N) is 1. The number of carbonyl (C=O) groups excluding carboxylic acids is 1. The van der Waals surface area contributed by atoms with E-state index in [1.807, 2.05) is 6.92 Å². The fraction of sp³-hybridized carbons (Fsp3) is 0.273. The van der Waals surface area contributed by atoms with Gasteiger partial charge in [0, 0.05) is 17.1 Å². The van der Waals surface area contributed by atoms with Crippen LogP contribution in [0.15, 0.2) is 29.4 Å². The molecule has 0 aliphatic heterocycles. The van der Waals surface area contributed by atoms with E-state index in [2.05, 4.69) is 15.3 Å². The Morgan fingerprint density at radius 3 is 2.94 bits per heavy atom. The molecule has 1 amide bonds. The zero-order valence-corrected chi connectivity index (χ0v) is 10.8. The predicted octanol–water partition coefficient (Wildman–Crippen LogP) is 4.24. The van der Waals surface area contributed by atoms with Crippen LogP contribution in [0.5, 0.6) is 0 Å². The van der Waals surface area contributed by atoms with E-state index in [4.69, 9.17) is 23.2 Å². The monoisotopic (exact) mass is 274 g/mol. The second kappa shape index (κ2) is 7.14. The minimum absolute atomic E-state index is 0.258. The molecule has 1 aromatic carbocycles. The molecule has 1 aromatic rings. The van der Waals surface area contributed by atoms with Crippen molar-refractivity contribution >= 4 is 40.2 Å². The molecule has 4 nitrogen and oxygen atoms in total. The van der Waals surface area contributed by atoms with Crippen molar-refractivity contribution in [2.24, 2.45) is 5.16 Å². The summed E-state index contributed by atoms with van der Waals surface area (Å²) in [6.45, 7) is 1.95. The lowest BCUT2D eigenvalue weighted by atomic mass is 10.3. The smallest absolute Gasteiger partial charge is 0.297 e. The molecule has 17 heavy (non-hydrogen) atoms. The van der Waals surface area contributed by atoms with Crippen molar-refractivity contribution in [3.63, 3.8) is 0 Å². The van der Waals surface area contributed by atoms with Crippen LogP contribution in [0.25, 0.3) is 0 Å². The molecule has 0 saturated carbocycles. The van der Waals surface area contributed by atoms with Gasteiger partial charge in [0.25, 0.3) is 0 Å². The molecule has 0 radical (unpaired) electrons. The van der Waals surface area contributed by atoms with Gasteiger partial charge in [0.15, 0.2) is 0 Å². The van der Waals surface area contributed by atoms with E-state index in [9.17, 15) is 4.79 Å². The summed E-state index contributed by atoms with van der Waals surface area (Å²) in [6, 6.07) is 6.70. The number of halogens is 2. The highest BCUT2D eigenvalue weighted by molar-refractivity contribution is 6.65. The van der Waals surface area contributed by atoms with Crippen LogP contribution < -0.4 is 5.32 Å². The van der Waals surface area contributed by atoms with Crippen LogP contribution in [-0.2, 0) is 4.84 Å². The number of hydrogen-bond donors (Lipinski definition) is 1. The minimum Gasteiger partial charge on any atom is -0.297 e. The summed E-state index contributed by atoms with van der Waals surface area (Å²) < 4.78 is 0. The summed E-state index contributed by atoms with van der Waals surface area (Å²) in [5.74, 6) is 0. The molecule has 0 atom stereocenters. The second-order valence-electron chi connectivity index (χ2n) is 3.23. The number of nitrogens with zero attached hydrogens (tertiary/aromatic N) is 1. The van der Waals surface area contributed by atoms with Gasteiger partial charge in [-0.25, -0.2) is 4.79 Å². The molecule has 0 aliphatic rings. The van der Waals surface area contributed by atoms with Gasteiger partial charge in [-0.2, -0.15) is 0 Å². The Bertz CT molecular complexity index is 422. The predicted molar refractivity (Wildman–Crippen MR) is 69.8 cm³/mol. The Morgan fingerprint density at radius 2 is 2.29 bits per heavy atom. The molecule has 0 spiro atoms. The Morgan fingerprint density at radius 1 is 1.53 bits per heavy atom. The molecule has 0 aromatic heterocycles. The van der Waals surface area contributed by atoms with Gasteiger partial charge >= 0.3 is 6.09 Å². The average Bonchev–Trinajstić information content (AvgIpc) is 2.27. The number of rotatable bonds is 4. The molecular weight excluding hydrogens is 263 g/mol. The van der Waals surface area contributed by atoms with Crippen molar-refractivity contribution in [3.05, 3.63) is 29.3 Å². The normalized spacial score (nSPS) is 11.1. The van der Waals surface area contributed by atoms with E-state index >= 15 is 0 Å². The lowest BCUT2D eigenvalue weighted by molar-refractivity contribution is 0.166. The Hall–Kier alpha value is -1.26. The third-order valence-electron chi connectivity index (χ3n) is 1.75. The molecule has 1 N–H and O–H groups in total. The first-order valence-corrected chi connectivity index (χ1v) is 5.83. The van der Waals surface area contributed by atoms with Gasteiger partial charge in [0.05, 0.1) is 0 Å². The summed E-state index contributed by atoms with van der Waals surface area (Å²) >= 11 is 11.4. The van der Waals surface area contributed by atoms with Gasteiger partial charge in [-0.05, 0) is 24.6 Å². The largest absolute Gasteiger partial charge is 0.437 e. The molecule has 0 saturated heterocycles. The third kappa shape index (κ3) is 5.56. The highest BCUT2D eigenvalue weighted by atomic mass is 35.5. The van der Waals surface area contributed by atoms with E-state index in [-0.39, 0.29) is 5.17 Å². The first-order chi connectivity index (χ1) is 8.11. The summed E-state index contributed by atoms with van der Waals surface area (Å²) in [7, 11) is 0. The zero-order chi connectivity index (χ0) is 12.7. The molecule has 1 rings (SSSR count). The van der Waals surface area contributed by atoms with Crippen molar-refractivity contribution < 1.29 is 9.63 Å². The summed E-state index contributed by atoms with van der Waals surface area (Å²) in [5, 5.41) is 6.72. The Kier molecular flexibility index (Phi) is 5.80. The number of amides is 1. The molecule has 0 aliphatic carbocycles. The number of oxime groups is 1. The van der Waals surface area contributed by atoms with Crippen LogP contribution in [0, 0.1) is 0 Å². The number of anilines is 1. The van der Waals surface area contributed by atoms with Gasteiger partial charge in [0.1, 0.15) is 5.17 Å². The fourth-order valence-electron chi connectivity index (χ4n) is 1.05. The SMILES string of the molecule is CCC/C(Cl)=N/OC(=O)Nc1cccc(Cl)c1. The molecule has 0 unspecified atom stereocenters. The minimum atomic E-state index is -0.707. The highest BCUT2D eigenvalue weighted by Crippen LogP contribution is 2.15. The second-order valence-corrected chi connectivity index (χ2v) is 4.10. The van der Waals surface area contributed by atoms with Gasteiger partial charge in [-0.15, -0.1) is 0 Å². The summed E-state index contributed by atoms with van der Waals surface area (Å²) in [6.07, 6.45) is 0.703. The van der Waals surface area contributed by atoms with Gasteiger partial charge in [0.2, 0.25) is 0 Å².